The van der Waals surface area contributed by atoms with Gasteiger partial charge in [-0.05, 0) is 37.6 Å². The van der Waals surface area contributed by atoms with E-state index in [4.69, 9.17) is 14.3 Å². The smallest absolute Gasteiger partial charge is 0.371 e. The van der Waals surface area contributed by atoms with Crippen molar-refractivity contribution in [3.8, 4) is 5.75 Å². The zero-order chi connectivity index (χ0) is 14.0. The van der Waals surface area contributed by atoms with Gasteiger partial charge in [-0.1, -0.05) is 6.07 Å². The quantitative estimate of drug-likeness (QED) is 0.917. The molecule has 2 rings (SSSR count). The van der Waals surface area contributed by atoms with E-state index in [9.17, 15) is 9.18 Å². The minimum Gasteiger partial charge on any atom is -0.483 e. The fourth-order valence-electron chi connectivity index (χ4n) is 1.60. The highest BCUT2D eigenvalue weighted by Gasteiger charge is 2.15. The Labute approximate surface area is 109 Å². The normalized spacial score (nSPS) is 12.2. The highest BCUT2D eigenvalue weighted by molar-refractivity contribution is 5.84. The lowest BCUT2D eigenvalue weighted by Crippen LogP contribution is -2.02. The van der Waals surface area contributed by atoms with Crippen LogP contribution in [0.5, 0.6) is 5.75 Å². The first-order valence-electron chi connectivity index (χ1n) is 5.73. The summed E-state index contributed by atoms with van der Waals surface area (Å²) in [4.78, 5) is 10.7. The molecule has 0 radical (unpaired) electrons. The summed E-state index contributed by atoms with van der Waals surface area (Å²) in [6, 6.07) is 7.43. The molecule has 0 aliphatic heterocycles. The topological polar surface area (TPSA) is 59.7 Å². The molecule has 0 spiro atoms. The highest BCUT2D eigenvalue weighted by Crippen LogP contribution is 2.24. The van der Waals surface area contributed by atoms with Crippen molar-refractivity contribution in [1.82, 2.24) is 0 Å². The first-order valence-corrected chi connectivity index (χ1v) is 5.73. The van der Waals surface area contributed by atoms with E-state index < -0.39 is 12.1 Å². The second-order valence-electron chi connectivity index (χ2n) is 4.18. The lowest BCUT2D eigenvalue weighted by Gasteiger charge is -2.12. The monoisotopic (exact) mass is 264 g/mol. The zero-order valence-electron chi connectivity index (χ0n) is 10.5. The summed E-state index contributed by atoms with van der Waals surface area (Å²) in [7, 11) is 0. The van der Waals surface area contributed by atoms with Gasteiger partial charge in [0.25, 0.3) is 0 Å². The van der Waals surface area contributed by atoms with E-state index in [0.717, 1.165) is 0 Å². The molecule has 1 aromatic heterocycles. The van der Waals surface area contributed by atoms with Crippen molar-refractivity contribution in [2.45, 2.75) is 20.0 Å². The van der Waals surface area contributed by atoms with Gasteiger partial charge in [0.05, 0.1) is 0 Å². The first-order chi connectivity index (χ1) is 8.97. The summed E-state index contributed by atoms with van der Waals surface area (Å²) in [6.07, 6.45) is -0.504. The van der Waals surface area contributed by atoms with Crippen LogP contribution >= 0.6 is 0 Å². The number of furan rings is 1. The second-order valence-corrected chi connectivity index (χ2v) is 4.18. The minimum absolute atomic E-state index is 0.152. The summed E-state index contributed by atoms with van der Waals surface area (Å²) in [5.74, 6) is -0.905. The third-order valence-electron chi connectivity index (χ3n) is 2.69. The van der Waals surface area contributed by atoms with Crippen LogP contribution in [0.25, 0.3) is 0 Å². The molecule has 2 aromatic rings. The number of hydrogen-bond acceptors (Lipinski definition) is 3. The van der Waals surface area contributed by atoms with Crippen LogP contribution in [0.3, 0.4) is 0 Å². The van der Waals surface area contributed by atoms with Gasteiger partial charge in [-0.2, -0.15) is 0 Å². The fraction of sp³-hybridized carbons (Fsp3) is 0.214. The van der Waals surface area contributed by atoms with Crippen LogP contribution in [0, 0.1) is 12.7 Å². The lowest BCUT2D eigenvalue weighted by molar-refractivity contribution is 0.0655. The van der Waals surface area contributed by atoms with Gasteiger partial charge in [-0.3, -0.25) is 0 Å². The molecular weight excluding hydrogens is 251 g/mol. The molecule has 1 N–H and O–H groups in total. The maximum atomic E-state index is 13.4. The van der Waals surface area contributed by atoms with Gasteiger partial charge in [-0.25, -0.2) is 9.18 Å². The van der Waals surface area contributed by atoms with E-state index in [0.29, 0.717) is 17.1 Å². The Morgan fingerprint density at radius 1 is 1.37 bits per heavy atom. The van der Waals surface area contributed by atoms with Gasteiger partial charge >= 0.3 is 5.97 Å². The number of hydrogen-bond donors (Lipinski definition) is 1. The van der Waals surface area contributed by atoms with Crippen molar-refractivity contribution < 1.29 is 23.4 Å². The predicted molar refractivity (Wildman–Crippen MR) is 65.8 cm³/mol. The van der Waals surface area contributed by atoms with E-state index in [-0.39, 0.29) is 11.6 Å². The molecule has 0 saturated carbocycles. The maximum Gasteiger partial charge on any atom is 0.371 e. The molecule has 1 unspecified atom stereocenters. The standard InChI is InChI=1S/C14H13FO4/c1-8-3-4-10(7-11(8)15)18-9(2)12-5-6-13(19-12)14(16)17/h3-7,9H,1-2H3,(H,16,17). The molecule has 0 aliphatic carbocycles. The van der Waals surface area contributed by atoms with Gasteiger partial charge in [0.1, 0.15) is 17.3 Å². The second kappa shape index (κ2) is 5.14. The lowest BCUT2D eigenvalue weighted by atomic mass is 10.2. The van der Waals surface area contributed by atoms with Crippen molar-refractivity contribution in [3.05, 3.63) is 53.2 Å². The number of carbonyl (C=O) groups is 1. The molecule has 5 heteroatoms. The number of carboxylic acids is 1. The largest absolute Gasteiger partial charge is 0.483 e. The van der Waals surface area contributed by atoms with E-state index in [1.807, 2.05) is 0 Å². The number of carboxylic acid groups (broad SMARTS) is 1. The molecule has 0 fully saturated rings. The number of ether oxygens (including phenoxy) is 1. The van der Waals surface area contributed by atoms with Gasteiger partial charge in [-0.15, -0.1) is 0 Å². The molecule has 4 nitrogen and oxygen atoms in total. The van der Waals surface area contributed by atoms with Crippen LogP contribution in [-0.4, -0.2) is 11.1 Å². The van der Waals surface area contributed by atoms with Crippen molar-refractivity contribution in [2.75, 3.05) is 0 Å². The molecule has 19 heavy (non-hydrogen) atoms. The van der Waals surface area contributed by atoms with Gasteiger partial charge < -0.3 is 14.3 Å². The minimum atomic E-state index is -1.14. The molecule has 1 atom stereocenters. The van der Waals surface area contributed by atoms with Crippen molar-refractivity contribution in [3.63, 3.8) is 0 Å². The highest BCUT2D eigenvalue weighted by atomic mass is 19.1. The Bertz CT molecular complexity index is 603. The molecule has 1 heterocycles. The molecule has 0 saturated heterocycles. The van der Waals surface area contributed by atoms with Crippen LogP contribution in [0.1, 0.15) is 34.9 Å². The summed E-state index contributed by atoms with van der Waals surface area (Å²) in [5, 5.41) is 8.75. The zero-order valence-corrected chi connectivity index (χ0v) is 10.5. The van der Waals surface area contributed by atoms with Crippen LogP contribution < -0.4 is 4.74 Å². The molecule has 0 amide bonds. The van der Waals surface area contributed by atoms with Crippen molar-refractivity contribution >= 4 is 5.97 Å². The molecule has 0 bridgehead atoms. The van der Waals surface area contributed by atoms with E-state index in [1.165, 1.54) is 18.2 Å². The summed E-state index contributed by atoms with van der Waals surface area (Å²) in [6.45, 7) is 3.36. The molecule has 100 valence electrons. The molecular formula is C14H13FO4. The van der Waals surface area contributed by atoms with E-state index in [2.05, 4.69) is 0 Å². The Kier molecular flexibility index (Phi) is 3.55. The first kappa shape index (κ1) is 13.1. The third kappa shape index (κ3) is 2.93. The number of aryl methyl sites for hydroxylation is 1. The van der Waals surface area contributed by atoms with Gasteiger partial charge in [0.15, 0.2) is 6.10 Å². The van der Waals surface area contributed by atoms with Crippen molar-refractivity contribution in [2.24, 2.45) is 0 Å². The third-order valence-corrected chi connectivity index (χ3v) is 2.69. The Morgan fingerprint density at radius 3 is 2.68 bits per heavy atom. The number of rotatable bonds is 4. The van der Waals surface area contributed by atoms with Crippen LogP contribution in [0.15, 0.2) is 34.7 Å². The van der Waals surface area contributed by atoms with Crippen LogP contribution in [0.2, 0.25) is 0 Å². The number of halogens is 1. The van der Waals surface area contributed by atoms with Crippen molar-refractivity contribution in [1.29, 1.82) is 0 Å². The predicted octanol–water partition coefficient (Wildman–Crippen LogP) is 3.57. The average Bonchev–Trinajstić information content (AvgIpc) is 2.83. The van der Waals surface area contributed by atoms with Crippen LogP contribution in [0.4, 0.5) is 4.39 Å². The number of benzene rings is 1. The summed E-state index contributed by atoms with van der Waals surface area (Å²) < 4.78 is 24.0. The molecule has 0 aliphatic rings. The fourth-order valence-corrected chi connectivity index (χ4v) is 1.60. The Hall–Kier alpha value is -2.30. The summed E-state index contributed by atoms with van der Waals surface area (Å²) in [5.41, 5.74) is 0.533. The summed E-state index contributed by atoms with van der Waals surface area (Å²) >= 11 is 0. The van der Waals surface area contributed by atoms with Gasteiger partial charge in [0, 0.05) is 6.07 Å². The number of aromatic carboxylic acids is 1. The maximum absolute atomic E-state index is 13.4. The van der Waals surface area contributed by atoms with E-state index >= 15 is 0 Å². The van der Waals surface area contributed by atoms with Gasteiger partial charge in [0.2, 0.25) is 5.76 Å². The SMILES string of the molecule is Cc1ccc(OC(C)c2ccc(C(=O)O)o2)cc1F. The molecule has 1 aromatic carbocycles. The Morgan fingerprint density at radius 2 is 2.11 bits per heavy atom. The Balaban J connectivity index is 2.13. The average molecular weight is 264 g/mol. The van der Waals surface area contributed by atoms with Crippen LogP contribution in [-0.2, 0) is 0 Å². The van der Waals surface area contributed by atoms with E-state index in [1.54, 1.807) is 26.0 Å².